The molecule has 2 aliphatic rings. The van der Waals surface area contributed by atoms with E-state index in [4.69, 9.17) is 4.99 Å². The fraction of sp³-hybridized carbons (Fsp3) is 0.538. The van der Waals surface area contributed by atoms with Gasteiger partial charge in [-0.15, -0.1) is 0 Å². The number of nitrogens with zero attached hydrogens (tertiary/aromatic N) is 2. The molecule has 0 fully saturated rings. The Labute approximate surface area is 89.8 Å². The van der Waals surface area contributed by atoms with E-state index in [0.29, 0.717) is 6.04 Å². The molecular weight excluding hydrogens is 184 g/mol. The van der Waals surface area contributed by atoms with Gasteiger partial charge in [0.05, 0.1) is 10.7 Å². The molecule has 1 atom stereocenters. The molecule has 15 heavy (non-hydrogen) atoms. The van der Waals surface area contributed by atoms with Gasteiger partial charge in [0.15, 0.2) is 0 Å². The maximum atomic E-state index is 4.71. The van der Waals surface area contributed by atoms with E-state index in [1.54, 1.807) is 0 Å². The molecule has 0 bridgehead atoms. The fourth-order valence-corrected chi connectivity index (χ4v) is 2.47. The third kappa shape index (κ3) is 1.58. The molecule has 0 saturated carbocycles. The normalized spacial score (nSPS) is 23.4. The lowest BCUT2D eigenvalue weighted by Crippen LogP contribution is -2.27. The highest BCUT2D eigenvalue weighted by Gasteiger charge is 2.12. The summed E-state index contributed by atoms with van der Waals surface area (Å²) in [7, 11) is 0. The van der Waals surface area contributed by atoms with E-state index in [1.165, 1.54) is 47.5 Å². The Morgan fingerprint density at radius 2 is 1.93 bits per heavy atom. The Hall–Kier alpha value is -1.18. The van der Waals surface area contributed by atoms with Gasteiger partial charge >= 0.3 is 0 Å². The van der Waals surface area contributed by atoms with Crippen LogP contribution in [0.5, 0.6) is 0 Å². The number of benzene rings is 1. The summed E-state index contributed by atoms with van der Waals surface area (Å²) in [5.41, 5.74) is 2.80. The van der Waals surface area contributed by atoms with E-state index in [2.05, 4.69) is 24.0 Å². The van der Waals surface area contributed by atoms with Crippen molar-refractivity contribution in [3.8, 4) is 0 Å². The first-order chi connectivity index (χ1) is 7.33. The Morgan fingerprint density at radius 3 is 2.87 bits per heavy atom. The molecule has 2 heterocycles. The van der Waals surface area contributed by atoms with Gasteiger partial charge in [0.25, 0.3) is 0 Å². The molecule has 0 saturated heterocycles. The summed E-state index contributed by atoms with van der Waals surface area (Å²) >= 11 is 0. The molecule has 1 aromatic rings. The van der Waals surface area contributed by atoms with Crippen molar-refractivity contribution in [2.75, 3.05) is 6.54 Å². The lowest BCUT2D eigenvalue weighted by molar-refractivity contribution is 0.618. The minimum absolute atomic E-state index is 0.496. The maximum Gasteiger partial charge on any atom is 0.0613 e. The highest BCUT2D eigenvalue weighted by molar-refractivity contribution is 5.24. The van der Waals surface area contributed by atoms with Crippen molar-refractivity contribution in [1.82, 2.24) is 0 Å². The monoisotopic (exact) mass is 200 g/mol. The first-order valence-corrected chi connectivity index (χ1v) is 5.87. The number of hydrogen-bond acceptors (Lipinski definition) is 2. The maximum absolute atomic E-state index is 4.71. The van der Waals surface area contributed by atoms with Gasteiger partial charge in [-0.05, 0) is 55.9 Å². The minimum atomic E-state index is 0.496. The average molecular weight is 200 g/mol. The minimum Gasteiger partial charge on any atom is -0.285 e. The smallest absolute Gasteiger partial charge is 0.0613 e. The van der Waals surface area contributed by atoms with E-state index in [0.717, 1.165) is 6.54 Å². The number of rotatable bonds is 0. The zero-order valence-corrected chi connectivity index (χ0v) is 9.16. The molecule has 2 aliphatic heterocycles. The zero-order valence-electron chi connectivity index (χ0n) is 9.16. The number of hydrogen-bond donors (Lipinski definition) is 0. The predicted octanol–water partition coefficient (Wildman–Crippen LogP) is 1.21. The summed E-state index contributed by atoms with van der Waals surface area (Å²) in [6.45, 7) is 3.20. The quantitative estimate of drug-likeness (QED) is 0.601. The molecule has 0 N–H and O–H groups in total. The summed E-state index contributed by atoms with van der Waals surface area (Å²) in [6, 6.07) is 5.03. The van der Waals surface area contributed by atoms with E-state index < -0.39 is 0 Å². The van der Waals surface area contributed by atoms with Crippen LogP contribution in [0.4, 0.5) is 0 Å². The van der Waals surface area contributed by atoms with Crippen molar-refractivity contribution in [2.45, 2.75) is 38.6 Å². The van der Waals surface area contributed by atoms with Crippen LogP contribution in [0.3, 0.4) is 0 Å². The Balaban J connectivity index is 2.24. The first kappa shape index (κ1) is 9.08. The molecule has 0 amide bonds. The second-order valence-corrected chi connectivity index (χ2v) is 4.61. The fourth-order valence-electron chi connectivity index (χ4n) is 2.47. The molecule has 3 rings (SSSR count). The van der Waals surface area contributed by atoms with E-state index >= 15 is 0 Å². The summed E-state index contributed by atoms with van der Waals surface area (Å²) in [5.74, 6) is 0. The Bertz CT molecular complexity index is 502. The van der Waals surface area contributed by atoms with Gasteiger partial charge < -0.3 is 0 Å². The summed E-state index contributed by atoms with van der Waals surface area (Å²) in [5, 5.41) is 2.45. The largest absolute Gasteiger partial charge is 0.285 e. The molecule has 78 valence electrons. The highest BCUT2D eigenvalue weighted by atomic mass is 14.8. The molecule has 1 unspecified atom stereocenters. The van der Waals surface area contributed by atoms with Crippen LogP contribution in [-0.2, 0) is 12.8 Å². The van der Waals surface area contributed by atoms with Gasteiger partial charge in [-0.2, -0.15) is 0 Å². The van der Waals surface area contributed by atoms with Gasteiger partial charge in [0, 0.05) is 12.6 Å². The first-order valence-electron chi connectivity index (χ1n) is 5.87. The van der Waals surface area contributed by atoms with Crippen molar-refractivity contribution in [3.05, 3.63) is 34.0 Å². The van der Waals surface area contributed by atoms with Crippen molar-refractivity contribution in [3.63, 3.8) is 0 Å². The van der Waals surface area contributed by atoms with Crippen molar-refractivity contribution < 1.29 is 0 Å². The van der Waals surface area contributed by atoms with Crippen LogP contribution in [0.15, 0.2) is 22.1 Å². The molecule has 0 aliphatic carbocycles. The summed E-state index contributed by atoms with van der Waals surface area (Å²) in [6.07, 6.45) is 4.73. The lowest BCUT2D eigenvalue weighted by Gasteiger charge is -2.16. The number of fused-ring (bicyclic) bond motifs is 2. The van der Waals surface area contributed by atoms with Gasteiger partial charge in [-0.3, -0.25) is 9.98 Å². The molecular formula is C13H16N2. The molecule has 2 heteroatoms. The Morgan fingerprint density at radius 1 is 1.13 bits per heavy atom. The van der Waals surface area contributed by atoms with Crippen LogP contribution in [0.25, 0.3) is 0 Å². The van der Waals surface area contributed by atoms with E-state index in [-0.39, 0.29) is 0 Å². The van der Waals surface area contributed by atoms with Crippen LogP contribution < -0.4 is 10.7 Å². The second-order valence-electron chi connectivity index (χ2n) is 4.61. The van der Waals surface area contributed by atoms with Crippen LogP contribution in [0.1, 0.15) is 30.9 Å². The highest BCUT2D eigenvalue weighted by Crippen LogP contribution is 2.09. The molecule has 2 nitrogen and oxygen atoms in total. The van der Waals surface area contributed by atoms with Crippen LogP contribution in [-0.4, -0.2) is 12.6 Å². The predicted molar refractivity (Wildman–Crippen MR) is 59.7 cm³/mol. The SMILES string of the molecule is CC1CCc2cc3c(cc2=N1)CCCN=3. The van der Waals surface area contributed by atoms with Gasteiger partial charge in [0.1, 0.15) is 0 Å². The topological polar surface area (TPSA) is 24.7 Å². The van der Waals surface area contributed by atoms with Crippen LogP contribution >= 0.6 is 0 Å². The second kappa shape index (κ2) is 3.44. The standard InChI is InChI=1S/C13H16N2/c1-9-4-5-11-7-12-10(3-2-6-14-12)8-13(11)15-9/h7-9H,2-6H2,1H3. The molecule has 0 aromatic heterocycles. The lowest BCUT2D eigenvalue weighted by atomic mass is 9.97. The van der Waals surface area contributed by atoms with E-state index in [1.807, 2.05) is 0 Å². The van der Waals surface area contributed by atoms with Gasteiger partial charge in [-0.25, -0.2) is 0 Å². The van der Waals surface area contributed by atoms with Crippen molar-refractivity contribution >= 4 is 0 Å². The van der Waals surface area contributed by atoms with Gasteiger partial charge in [-0.1, -0.05) is 0 Å². The average Bonchev–Trinajstić information content (AvgIpc) is 2.26. The van der Waals surface area contributed by atoms with Crippen LogP contribution in [0, 0.1) is 0 Å². The summed E-state index contributed by atoms with van der Waals surface area (Å²) in [4.78, 5) is 9.29. The molecule has 0 spiro atoms. The van der Waals surface area contributed by atoms with Crippen LogP contribution in [0.2, 0.25) is 0 Å². The van der Waals surface area contributed by atoms with Gasteiger partial charge in [0.2, 0.25) is 0 Å². The van der Waals surface area contributed by atoms with E-state index in [9.17, 15) is 0 Å². The molecule has 0 radical (unpaired) electrons. The van der Waals surface area contributed by atoms with Crippen molar-refractivity contribution in [2.24, 2.45) is 9.98 Å². The number of aryl methyl sites for hydroxylation is 2. The molecule has 1 aromatic carbocycles. The Kier molecular flexibility index (Phi) is 2.08. The zero-order chi connectivity index (χ0) is 10.3. The summed E-state index contributed by atoms with van der Waals surface area (Å²) < 4.78 is 0. The third-order valence-electron chi connectivity index (χ3n) is 3.36. The third-order valence-corrected chi connectivity index (χ3v) is 3.36. The van der Waals surface area contributed by atoms with Crippen molar-refractivity contribution in [1.29, 1.82) is 0 Å².